The van der Waals surface area contributed by atoms with E-state index in [1.807, 2.05) is 24.4 Å². The summed E-state index contributed by atoms with van der Waals surface area (Å²) < 4.78 is 1.78. The molecule has 1 amide bonds. The molecule has 0 aliphatic carbocycles. The first-order valence-electron chi connectivity index (χ1n) is 8.20. The molecular formula is C18H22ClN3O3. The quantitative estimate of drug-likeness (QED) is 0.663. The summed E-state index contributed by atoms with van der Waals surface area (Å²) >= 11 is 6.18. The summed E-state index contributed by atoms with van der Waals surface area (Å²) in [5.41, 5.74) is 1.66. The van der Waals surface area contributed by atoms with Crippen molar-refractivity contribution in [3.63, 3.8) is 0 Å². The van der Waals surface area contributed by atoms with Gasteiger partial charge >= 0.3 is 6.09 Å². The third kappa shape index (κ3) is 6.23. The lowest BCUT2D eigenvalue weighted by atomic mass is 10.0. The first kappa shape index (κ1) is 19.0. The van der Waals surface area contributed by atoms with Crippen LogP contribution in [0.5, 0.6) is 0 Å². The highest BCUT2D eigenvalue weighted by Gasteiger charge is 2.18. The van der Waals surface area contributed by atoms with Crippen LogP contribution in [-0.4, -0.2) is 26.8 Å². The Bertz CT molecular complexity index is 730. The van der Waals surface area contributed by atoms with E-state index in [1.54, 1.807) is 23.9 Å². The summed E-state index contributed by atoms with van der Waals surface area (Å²) in [4.78, 5) is 22.1. The molecule has 0 spiro atoms. The minimum Gasteiger partial charge on any atom is -0.465 e. The van der Waals surface area contributed by atoms with E-state index in [0.717, 1.165) is 24.0 Å². The van der Waals surface area contributed by atoms with Gasteiger partial charge in [0, 0.05) is 29.7 Å². The van der Waals surface area contributed by atoms with Crippen molar-refractivity contribution >= 4 is 23.5 Å². The van der Waals surface area contributed by atoms with Gasteiger partial charge < -0.3 is 15.2 Å². The highest BCUT2D eigenvalue weighted by molar-refractivity contribution is 6.31. The summed E-state index contributed by atoms with van der Waals surface area (Å²) in [6.45, 7) is 2.28. The standard InChI is InChI=1S/C18H22ClN3O3/c1-13(23)6-4-5-9-22-12-15(11-20-22)17(21-18(24)25)10-14-7-2-3-8-16(14)19/h2-3,7-8,11-12,17,21H,4-6,9-10H2,1H3,(H,24,25)/t17-/m0/s1. The number of hydrogen-bond acceptors (Lipinski definition) is 3. The average molecular weight is 364 g/mol. The molecule has 25 heavy (non-hydrogen) atoms. The van der Waals surface area contributed by atoms with E-state index < -0.39 is 12.1 Å². The Morgan fingerprint density at radius 2 is 2.08 bits per heavy atom. The molecule has 2 rings (SSSR count). The number of benzene rings is 1. The molecule has 2 N–H and O–H groups in total. The minimum atomic E-state index is -1.09. The predicted octanol–water partition coefficient (Wildman–Crippen LogP) is 3.85. The van der Waals surface area contributed by atoms with Crippen molar-refractivity contribution in [1.82, 2.24) is 15.1 Å². The SMILES string of the molecule is CC(=O)CCCCn1cc([C@H](Cc2ccccc2Cl)NC(=O)O)cn1. The van der Waals surface area contributed by atoms with Crippen LogP contribution in [0.2, 0.25) is 5.02 Å². The molecule has 0 radical (unpaired) electrons. The van der Waals surface area contributed by atoms with Gasteiger partial charge in [-0.05, 0) is 37.8 Å². The van der Waals surface area contributed by atoms with Crippen molar-refractivity contribution in [3.8, 4) is 0 Å². The fourth-order valence-corrected chi connectivity index (χ4v) is 2.83. The summed E-state index contributed by atoms with van der Waals surface area (Å²) in [6.07, 6.45) is 5.11. The van der Waals surface area contributed by atoms with Crippen LogP contribution in [0.4, 0.5) is 4.79 Å². The number of nitrogens with one attached hydrogen (secondary N) is 1. The van der Waals surface area contributed by atoms with Crippen LogP contribution in [0, 0.1) is 0 Å². The second kappa shape index (κ2) is 9.22. The Balaban J connectivity index is 2.04. The Morgan fingerprint density at radius 1 is 1.32 bits per heavy atom. The zero-order chi connectivity index (χ0) is 18.2. The molecule has 0 saturated heterocycles. The molecule has 2 aromatic rings. The number of Topliss-reactive ketones (excluding diaryl/α,β-unsaturated/α-hetero) is 1. The van der Waals surface area contributed by atoms with Gasteiger partial charge in [0.25, 0.3) is 0 Å². The summed E-state index contributed by atoms with van der Waals surface area (Å²) in [5.74, 6) is 0.187. The first-order valence-corrected chi connectivity index (χ1v) is 8.58. The van der Waals surface area contributed by atoms with Crippen molar-refractivity contribution in [2.75, 3.05) is 0 Å². The third-order valence-corrected chi connectivity index (χ3v) is 4.27. The Kier molecular flexibility index (Phi) is 7.01. The molecule has 134 valence electrons. The molecule has 0 unspecified atom stereocenters. The Morgan fingerprint density at radius 3 is 2.76 bits per heavy atom. The average Bonchev–Trinajstić information content (AvgIpc) is 3.01. The van der Waals surface area contributed by atoms with Crippen LogP contribution in [0.1, 0.15) is 43.4 Å². The molecule has 7 heteroatoms. The highest BCUT2D eigenvalue weighted by Crippen LogP contribution is 2.23. The van der Waals surface area contributed by atoms with Gasteiger partial charge in [0.15, 0.2) is 0 Å². The first-order chi connectivity index (χ1) is 12.0. The van der Waals surface area contributed by atoms with Crippen molar-refractivity contribution in [1.29, 1.82) is 0 Å². The van der Waals surface area contributed by atoms with Crippen LogP contribution in [0.15, 0.2) is 36.7 Å². The number of hydrogen-bond donors (Lipinski definition) is 2. The van der Waals surface area contributed by atoms with Gasteiger partial charge in [-0.3, -0.25) is 4.68 Å². The van der Waals surface area contributed by atoms with E-state index >= 15 is 0 Å². The van der Waals surface area contributed by atoms with E-state index in [-0.39, 0.29) is 5.78 Å². The second-order valence-corrected chi connectivity index (χ2v) is 6.40. The number of carbonyl (C=O) groups excluding carboxylic acids is 1. The Labute approximate surface area is 151 Å². The van der Waals surface area contributed by atoms with Gasteiger partial charge in [0.1, 0.15) is 5.78 Å². The maximum absolute atomic E-state index is 11.1. The van der Waals surface area contributed by atoms with Crippen LogP contribution < -0.4 is 5.32 Å². The van der Waals surface area contributed by atoms with Gasteiger partial charge in [-0.25, -0.2) is 4.79 Å². The third-order valence-electron chi connectivity index (χ3n) is 3.90. The van der Waals surface area contributed by atoms with E-state index in [2.05, 4.69) is 10.4 Å². The number of ketones is 1. The number of amides is 1. The molecule has 0 aliphatic heterocycles. The molecular weight excluding hydrogens is 342 g/mol. The van der Waals surface area contributed by atoms with E-state index in [1.165, 1.54) is 0 Å². The molecule has 1 atom stereocenters. The predicted molar refractivity (Wildman–Crippen MR) is 95.8 cm³/mol. The van der Waals surface area contributed by atoms with Gasteiger partial charge in [-0.1, -0.05) is 29.8 Å². The number of unbranched alkanes of at least 4 members (excludes halogenated alkanes) is 1. The minimum absolute atomic E-state index is 0.187. The van der Waals surface area contributed by atoms with Crippen molar-refractivity contribution in [3.05, 3.63) is 52.8 Å². The van der Waals surface area contributed by atoms with Crippen molar-refractivity contribution in [2.45, 2.75) is 45.2 Å². The Hall–Kier alpha value is -2.34. The fraction of sp³-hybridized carbons (Fsp3) is 0.389. The van der Waals surface area contributed by atoms with Gasteiger partial charge in [0.05, 0.1) is 12.2 Å². The molecule has 1 heterocycles. The molecule has 0 fully saturated rings. The molecule has 1 aromatic carbocycles. The second-order valence-electron chi connectivity index (χ2n) is 5.99. The van der Waals surface area contributed by atoms with E-state index in [4.69, 9.17) is 16.7 Å². The van der Waals surface area contributed by atoms with Crippen LogP contribution >= 0.6 is 11.6 Å². The van der Waals surface area contributed by atoms with Crippen molar-refractivity contribution in [2.24, 2.45) is 0 Å². The summed E-state index contributed by atoms with van der Waals surface area (Å²) in [7, 11) is 0. The lowest BCUT2D eigenvalue weighted by Crippen LogP contribution is -2.28. The number of halogens is 1. The van der Waals surface area contributed by atoms with Gasteiger partial charge in [-0.2, -0.15) is 5.10 Å². The fourth-order valence-electron chi connectivity index (χ4n) is 2.61. The molecule has 0 bridgehead atoms. The number of nitrogens with zero attached hydrogens (tertiary/aromatic N) is 2. The normalized spacial score (nSPS) is 11.9. The lowest BCUT2D eigenvalue weighted by Gasteiger charge is -2.16. The van der Waals surface area contributed by atoms with Crippen LogP contribution in [0.25, 0.3) is 0 Å². The summed E-state index contributed by atoms with van der Waals surface area (Å²) in [5, 5.41) is 16.5. The maximum atomic E-state index is 11.1. The lowest BCUT2D eigenvalue weighted by molar-refractivity contribution is -0.117. The molecule has 0 aliphatic rings. The van der Waals surface area contributed by atoms with E-state index in [9.17, 15) is 9.59 Å². The van der Waals surface area contributed by atoms with E-state index in [0.29, 0.717) is 24.4 Å². The maximum Gasteiger partial charge on any atom is 0.405 e. The molecule has 0 saturated carbocycles. The van der Waals surface area contributed by atoms with Gasteiger partial charge in [0.2, 0.25) is 0 Å². The monoisotopic (exact) mass is 363 g/mol. The van der Waals surface area contributed by atoms with Crippen molar-refractivity contribution < 1.29 is 14.7 Å². The number of carboxylic acid groups (broad SMARTS) is 1. The molecule has 1 aromatic heterocycles. The number of aromatic nitrogens is 2. The largest absolute Gasteiger partial charge is 0.465 e. The van der Waals surface area contributed by atoms with Crippen LogP contribution in [-0.2, 0) is 17.8 Å². The number of carbonyl (C=O) groups is 2. The summed E-state index contributed by atoms with van der Waals surface area (Å²) in [6, 6.07) is 6.95. The number of aryl methyl sites for hydroxylation is 1. The smallest absolute Gasteiger partial charge is 0.405 e. The van der Waals surface area contributed by atoms with Gasteiger partial charge in [-0.15, -0.1) is 0 Å². The number of rotatable bonds is 9. The molecule has 6 nitrogen and oxygen atoms in total. The zero-order valence-corrected chi connectivity index (χ0v) is 14.9. The van der Waals surface area contributed by atoms with Crippen LogP contribution in [0.3, 0.4) is 0 Å². The highest BCUT2D eigenvalue weighted by atomic mass is 35.5. The zero-order valence-electron chi connectivity index (χ0n) is 14.1. The topological polar surface area (TPSA) is 84.2 Å².